The number of hydrogen-bond donors (Lipinski definition) is 2. The number of aliphatic carboxylic acids is 1. The Morgan fingerprint density at radius 3 is 2.52 bits per heavy atom. The molecule has 1 saturated heterocycles. The maximum Gasteiger partial charge on any atom is 0.311 e. The van der Waals surface area contributed by atoms with Gasteiger partial charge >= 0.3 is 5.97 Å². The van der Waals surface area contributed by atoms with Gasteiger partial charge in [-0.3, -0.25) is 9.59 Å². The van der Waals surface area contributed by atoms with Crippen molar-refractivity contribution < 1.29 is 24.2 Å². The van der Waals surface area contributed by atoms with Crippen molar-refractivity contribution in [1.29, 1.82) is 0 Å². The number of ether oxygens (including phenoxy) is 2. The van der Waals surface area contributed by atoms with Crippen molar-refractivity contribution in [2.45, 2.75) is 19.4 Å². The van der Waals surface area contributed by atoms with E-state index in [1.807, 2.05) is 30.3 Å². The summed E-state index contributed by atoms with van der Waals surface area (Å²) in [7, 11) is 0. The van der Waals surface area contributed by atoms with Gasteiger partial charge in [0.1, 0.15) is 6.61 Å². The number of rotatable bonds is 7. The average molecular weight is 370 g/mol. The van der Waals surface area contributed by atoms with E-state index >= 15 is 0 Å². The number of amides is 1. The third-order valence-corrected chi connectivity index (χ3v) is 4.72. The molecule has 7 heteroatoms. The second-order valence-corrected chi connectivity index (χ2v) is 6.54. The predicted molar refractivity (Wildman–Crippen MR) is 97.5 cm³/mol. The van der Waals surface area contributed by atoms with Crippen molar-refractivity contribution in [2.75, 3.05) is 19.8 Å². The Hall–Kier alpha value is -2.93. The molecular weight excluding hydrogens is 348 g/mol. The van der Waals surface area contributed by atoms with E-state index in [4.69, 9.17) is 9.47 Å². The highest BCUT2D eigenvalue weighted by Crippen LogP contribution is 2.30. The SMILES string of the molecule is O=C(NCC1(C(=O)O)CCOCC1)c1ccc(OCc2ccccc2)nc1. The van der Waals surface area contributed by atoms with Crippen molar-refractivity contribution in [2.24, 2.45) is 5.41 Å². The quantitative estimate of drug-likeness (QED) is 0.776. The Balaban J connectivity index is 1.54. The molecule has 0 bridgehead atoms. The third-order valence-electron chi connectivity index (χ3n) is 4.72. The molecule has 0 aliphatic carbocycles. The molecule has 2 aromatic rings. The lowest BCUT2D eigenvalue weighted by Crippen LogP contribution is -2.46. The van der Waals surface area contributed by atoms with E-state index in [1.54, 1.807) is 12.1 Å². The summed E-state index contributed by atoms with van der Waals surface area (Å²) in [4.78, 5) is 28.1. The molecule has 0 saturated carbocycles. The molecule has 142 valence electrons. The minimum Gasteiger partial charge on any atom is -0.481 e. The number of aromatic nitrogens is 1. The third kappa shape index (κ3) is 4.83. The summed E-state index contributed by atoms with van der Waals surface area (Å²) in [5, 5.41) is 12.2. The minimum absolute atomic E-state index is 0.0663. The highest BCUT2D eigenvalue weighted by Gasteiger charge is 2.40. The fraction of sp³-hybridized carbons (Fsp3) is 0.350. The zero-order valence-corrected chi connectivity index (χ0v) is 14.9. The molecule has 7 nitrogen and oxygen atoms in total. The van der Waals surface area contributed by atoms with Gasteiger partial charge in [-0.15, -0.1) is 0 Å². The van der Waals surface area contributed by atoms with Crippen molar-refractivity contribution in [3.63, 3.8) is 0 Å². The standard InChI is InChI=1S/C20H22N2O5/c23-18(22-14-20(19(24)25)8-10-26-11-9-20)16-6-7-17(21-12-16)27-13-15-4-2-1-3-5-15/h1-7,12H,8-11,13-14H2,(H,22,23)(H,24,25). The summed E-state index contributed by atoms with van der Waals surface area (Å²) in [6.45, 7) is 1.23. The fourth-order valence-corrected chi connectivity index (χ4v) is 2.91. The lowest BCUT2D eigenvalue weighted by Gasteiger charge is -2.33. The smallest absolute Gasteiger partial charge is 0.311 e. The second kappa shape index (κ2) is 8.64. The van der Waals surface area contributed by atoms with E-state index < -0.39 is 11.4 Å². The Bertz CT molecular complexity index is 771. The molecule has 2 N–H and O–H groups in total. The number of hydrogen-bond acceptors (Lipinski definition) is 5. The number of carbonyl (C=O) groups excluding carboxylic acids is 1. The van der Waals surface area contributed by atoms with Crippen LogP contribution in [0.1, 0.15) is 28.8 Å². The largest absolute Gasteiger partial charge is 0.481 e. The van der Waals surface area contributed by atoms with Gasteiger partial charge in [0.25, 0.3) is 5.91 Å². The molecule has 0 atom stereocenters. The lowest BCUT2D eigenvalue weighted by atomic mass is 9.80. The summed E-state index contributed by atoms with van der Waals surface area (Å²) < 4.78 is 10.8. The van der Waals surface area contributed by atoms with Gasteiger partial charge in [-0.1, -0.05) is 30.3 Å². The van der Waals surface area contributed by atoms with Gasteiger partial charge < -0.3 is 19.9 Å². The summed E-state index contributed by atoms with van der Waals surface area (Å²) in [6.07, 6.45) is 2.19. The van der Waals surface area contributed by atoms with Crippen molar-refractivity contribution in [3.05, 3.63) is 59.8 Å². The first-order chi connectivity index (χ1) is 13.1. The van der Waals surface area contributed by atoms with Gasteiger partial charge in [-0.25, -0.2) is 4.98 Å². The Morgan fingerprint density at radius 2 is 1.89 bits per heavy atom. The zero-order valence-electron chi connectivity index (χ0n) is 14.9. The van der Waals surface area contributed by atoms with Crippen LogP contribution in [0.4, 0.5) is 0 Å². The van der Waals surface area contributed by atoms with E-state index in [0.717, 1.165) is 5.56 Å². The van der Waals surface area contributed by atoms with Crippen LogP contribution in [0.5, 0.6) is 5.88 Å². The van der Waals surface area contributed by atoms with E-state index in [2.05, 4.69) is 10.3 Å². The predicted octanol–water partition coefficient (Wildman–Crippen LogP) is 2.27. The van der Waals surface area contributed by atoms with Crippen LogP contribution in [-0.2, 0) is 16.1 Å². The Morgan fingerprint density at radius 1 is 1.15 bits per heavy atom. The van der Waals surface area contributed by atoms with Gasteiger partial charge in [-0.2, -0.15) is 0 Å². The van der Waals surface area contributed by atoms with E-state index in [-0.39, 0.29) is 12.5 Å². The van der Waals surface area contributed by atoms with Gasteiger partial charge in [0, 0.05) is 32.0 Å². The number of carbonyl (C=O) groups is 2. The fourth-order valence-electron chi connectivity index (χ4n) is 2.91. The van der Waals surface area contributed by atoms with Crippen LogP contribution in [0, 0.1) is 5.41 Å². The first kappa shape index (κ1) is 18.8. The zero-order chi connectivity index (χ0) is 19.1. The van der Waals surface area contributed by atoms with Gasteiger partial charge in [0.15, 0.2) is 0 Å². The molecule has 1 amide bonds. The van der Waals surface area contributed by atoms with Crippen LogP contribution in [-0.4, -0.2) is 41.7 Å². The summed E-state index contributed by atoms with van der Waals surface area (Å²) in [6, 6.07) is 12.9. The first-order valence-electron chi connectivity index (χ1n) is 8.81. The molecule has 1 fully saturated rings. The minimum atomic E-state index is -0.972. The molecule has 3 rings (SSSR count). The number of carboxylic acid groups (broad SMARTS) is 1. The summed E-state index contributed by atoms with van der Waals surface area (Å²) in [5.41, 5.74) is 0.409. The van der Waals surface area contributed by atoms with Gasteiger partial charge in [0.05, 0.1) is 11.0 Å². The van der Waals surface area contributed by atoms with Crippen LogP contribution in [0.15, 0.2) is 48.7 Å². The van der Waals surface area contributed by atoms with Crippen molar-refractivity contribution in [3.8, 4) is 5.88 Å². The Kier molecular flexibility index (Phi) is 6.03. The Labute approximate surface area is 157 Å². The molecule has 0 spiro atoms. The van der Waals surface area contributed by atoms with Gasteiger partial charge in [-0.05, 0) is 24.5 Å². The summed E-state index contributed by atoms with van der Waals surface area (Å²) >= 11 is 0. The molecule has 0 unspecified atom stereocenters. The normalized spacial score (nSPS) is 15.7. The maximum absolute atomic E-state index is 12.3. The van der Waals surface area contributed by atoms with Gasteiger partial charge in [0.2, 0.25) is 5.88 Å². The highest BCUT2D eigenvalue weighted by atomic mass is 16.5. The monoisotopic (exact) mass is 370 g/mol. The van der Waals surface area contributed by atoms with Crippen molar-refractivity contribution in [1.82, 2.24) is 10.3 Å². The van der Waals surface area contributed by atoms with Crippen LogP contribution < -0.4 is 10.1 Å². The lowest BCUT2D eigenvalue weighted by molar-refractivity contribution is -0.154. The second-order valence-electron chi connectivity index (χ2n) is 6.54. The summed E-state index contributed by atoms with van der Waals surface area (Å²) in [5.74, 6) is -0.847. The number of carboxylic acids is 1. The molecule has 2 heterocycles. The van der Waals surface area contributed by atoms with Crippen LogP contribution in [0.25, 0.3) is 0 Å². The number of pyridine rings is 1. The van der Waals surface area contributed by atoms with Crippen molar-refractivity contribution >= 4 is 11.9 Å². The molecule has 1 aromatic carbocycles. The van der Waals surface area contributed by atoms with E-state index in [1.165, 1.54) is 6.20 Å². The molecule has 1 aromatic heterocycles. The molecule has 1 aliphatic heterocycles. The average Bonchev–Trinajstić information content (AvgIpc) is 2.72. The highest BCUT2D eigenvalue weighted by molar-refractivity contribution is 5.94. The van der Waals surface area contributed by atoms with E-state index in [0.29, 0.717) is 44.1 Å². The van der Waals surface area contributed by atoms with E-state index in [9.17, 15) is 14.7 Å². The molecule has 0 radical (unpaired) electrons. The van der Waals surface area contributed by atoms with Crippen LogP contribution in [0.2, 0.25) is 0 Å². The van der Waals surface area contributed by atoms with Crippen LogP contribution in [0.3, 0.4) is 0 Å². The number of nitrogens with zero attached hydrogens (tertiary/aromatic N) is 1. The van der Waals surface area contributed by atoms with Crippen LogP contribution >= 0.6 is 0 Å². The topological polar surface area (TPSA) is 97.8 Å². The molecule has 1 aliphatic rings. The molecule has 27 heavy (non-hydrogen) atoms. The maximum atomic E-state index is 12.3. The number of nitrogens with one attached hydrogen (secondary N) is 1. The number of benzene rings is 1. The first-order valence-corrected chi connectivity index (χ1v) is 8.81. The molecular formula is C20H22N2O5.